The zero-order valence-electron chi connectivity index (χ0n) is 11.7. The van der Waals surface area contributed by atoms with Gasteiger partial charge in [-0.1, -0.05) is 37.3 Å². The summed E-state index contributed by atoms with van der Waals surface area (Å²) in [6.07, 6.45) is 4.20. The number of nitrogens with one attached hydrogen (secondary N) is 1. The van der Waals surface area contributed by atoms with Crippen molar-refractivity contribution in [2.45, 2.75) is 38.6 Å². The maximum absolute atomic E-state index is 4.37. The molecular formula is C16H22N2S. The fraction of sp³-hybridized carbons (Fsp3) is 0.438. The van der Waals surface area contributed by atoms with Crippen molar-refractivity contribution in [2.24, 2.45) is 0 Å². The summed E-state index contributed by atoms with van der Waals surface area (Å²) >= 11 is 1.74. The van der Waals surface area contributed by atoms with Crippen LogP contribution in [0.5, 0.6) is 0 Å². The number of benzene rings is 1. The van der Waals surface area contributed by atoms with Crippen LogP contribution in [-0.4, -0.2) is 17.6 Å². The molecule has 2 aromatic rings. The van der Waals surface area contributed by atoms with E-state index in [2.05, 4.69) is 54.5 Å². The minimum Gasteiger partial charge on any atom is -0.314 e. The Balaban J connectivity index is 1.69. The molecule has 0 aliphatic rings. The Labute approximate surface area is 119 Å². The van der Waals surface area contributed by atoms with Gasteiger partial charge in [0.1, 0.15) is 0 Å². The number of aromatic nitrogens is 1. The molecule has 0 aliphatic carbocycles. The summed E-state index contributed by atoms with van der Waals surface area (Å²) in [6.45, 7) is 5.50. The van der Waals surface area contributed by atoms with Crippen LogP contribution in [0.1, 0.15) is 36.8 Å². The Morgan fingerprint density at radius 3 is 2.68 bits per heavy atom. The van der Waals surface area contributed by atoms with E-state index in [4.69, 9.17) is 0 Å². The van der Waals surface area contributed by atoms with E-state index in [0.29, 0.717) is 12.0 Å². The van der Waals surface area contributed by atoms with Crippen LogP contribution in [-0.2, 0) is 6.42 Å². The van der Waals surface area contributed by atoms with Gasteiger partial charge in [-0.05, 0) is 25.3 Å². The topological polar surface area (TPSA) is 24.9 Å². The molecule has 3 heteroatoms. The number of aryl methyl sites for hydroxylation is 1. The summed E-state index contributed by atoms with van der Waals surface area (Å²) in [5, 5.41) is 6.88. The van der Waals surface area contributed by atoms with Gasteiger partial charge in [0.25, 0.3) is 0 Å². The molecule has 0 saturated carbocycles. The summed E-state index contributed by atoms with van der Waals surface area (Å²) < 4.78 is 0. The molecule has 1 aromatic carbocycles. The lowest BCUT2D eigenvalue weighted by Crippen LogP contribution is -2.30. The van der Waals surface area contributed by atoms with Crippen molar-refractivity contribution in [1.82, 2.24) is 10.3 Å². The molecule has 0 amide bonds. The number of hydrogen-bond donors (Lipinski definition) is 1. The van der Waals surface area contributed by atoms with Crippen LogP contribution in [0.2, 0.25) is 0 Å². The number of hydrogen-bond acceptors (Lipinski definition) is 3. The lowest BCUT2D eigenvalue weighted by Gasteiger charge is -2.16. The van der Waals surface area contributed by atoms with Gasteiger partial charge in [-0.25, -0.2) is 4.98 Å². The van der Waals surface area contributed by atoms with E-state index < -0.39 is 0 Å². The van der Waals surface area contributed by atoms with Crippen LogP contribution in [0.25, 0.3) is 0 Å². The van der Waals surface area contributed by atoms with Crippen molar-refractivity contribution in [3.8, 4) is 0 Å². The minimum atomic E-state index is 0.499. The van der Waals surface area contributed by atoms with Gasteiger partial charge in [0, 0.05) is 30.1 Å². The first-order valence-electron chi connectivity index (χ1n) is 6.92. The van der Waals surface area contributed by atoms with Gasteiger partial charge in [0.2, 0.25) is 0 Å². The molecule has 1 aromatic heterocycles. The van der Waals surface area contributed by atoms with Gasteiger partial charge in [0.15, 0.2) is 0 Å². The molecule has 2 nitrogen and oxygen atoms in total. The van der Waals surface area contributed by atoms with Gasteiger partial charge in [-0.3, -0.25) is 0 Å². The van der Waals surface area contributed by atoms with Crippen molar-refractivity contribution >= 4 is 11.3 Å². The minimum absolute atomic E-state index is 0.499. The average molecular weight is 274 g/mol. The highest BCUT2D eigenvalue weighted by Gasteiger charge is 2.09. The van der Waals surface area contributed by atoms with E-state index in [9.17, 15) is 0 Å². The fourth-order valence-electron chi connectivity index (χ4n) is 2.07. The monoisotopic (exact) mass is 274 g/mol. The summed E-state index contributed by atoms with van der Waals surface area (Å²) in [5.74, 6) is 0.499. The van der Waals surface area contributed by atoms with Crippen LogP contribution in [0.3, 0.4) is 0 Å². The van der Waals surface area contributed by atoms with Crippen LogP contribution in [0.15, 0.2) is 41.9 Å². The lowest BCUT2D eigenvalue weighted by atomic mass is 10.1. The molecule has 2 rings (SSSR count). The summed E-state index contributed by atoms with van der Waals surface area (Å²) in [7, 11) is 0. The maximum Gasteiger partial charge on any atom is 0.0965 e. The van der Waals surface area contributed by atoms with Gasteiger partial charge < -0.3 is 5.32 Å². The second-order valence-corrected chi connectivity index (χ2v) is 6.03. The quantitative estimate of drug-likeness (QED) is 0.829. The van der Waals surface area contributed by atoms with Crippen molar-refractivity contribution in [3.63, 3.8) is 0 Å². The average Bonchev–Trinajstić information content (AvgIpc) is 2.98. The highest BCUT2D eigenvalue weighted by Crippen LogP contribution is 2.16. The van der Waals surface area contributed by atoms with Gasteiger partial charge >= 0.3 is 0 Å². The first kappa shape index (κ1) is 14.2. The SMILES string of the molecule is CC(CCc1ccccc1)NCC(C)c1nccs1. The second kappa shape index (κ2) is 7.41. The molecule has 2 atom stereocenters. The molecule has 0 fully saturated rings. The van der Waals surface area contributed by atoms with Crippen molar-refractivity contribution in [1.29, 1.82) is 0 Å². The van der Waals surface area contributed by atoms with E-state index in [-0.39, 0.29) is 0 Å². The number of nitrogens with zero attached hydrogens (tertiary/aromatic N) is 1. The molecule has 102 valence electrons. The normalized spacial score (nSPS) is 14.2. The molecule has 0 saturated heterocycles. The zero-order chi connectivity index (χ0) is 13.5. The third-order valence-electron chi connectivity index (χ3n) is 3.35. The van der Waals surface area contributed by atoms with E-state index in [1.807, 2.05) is 11.6 Å². The Morgan fingerprint density at radius 2 is 2.00 bits per heavy atom. The van der Waals surface area contributed by atoms with E-state index in [0.717, 1.165) is 13.0 Å². The van der Waals surface area contributed by atoms with Gasteiger partial charge in [-0.15, -0.1) is 11.3 Å². The predicted molar refractivity (Wildman–Crippen MR) is 82.8 cm³/mol. The Kier molecular flexibility index (Phi) is 5.55. The summed E-state index contributed by atoms with van der Waals surface area (Å²) in [5.41, 5.74) is 1.42. The molecule has 1 heterocycles. The van der Waals surface area contributed by atoms with Crippen molar-refractivity contribution in [3.05, 3.63) is 52.5 Å². The third kappa shape index (κ3) is 4.77. The molecule has 0 bridgehead atoms. The van der Waals surface area contributed by atoms with Gasteiger partial charge in [-0.2, -0.15) is 0 Å². The van der Waals surface area contributed by atoms with E-state index >= 15 is 0 Å². The molecular weight excluding hydrogens is 252 g/mol. The fourth-order valence-corrected chi connectivity index (χ4v) is 2.77. The highest BCUT2D eigenvalue weighted by atomic mass is 32.1. The zero-order valence-corrected chi connectivity index (χ0v) is 12.5. The largest absolute Gasteiger partial charge is 0.314 e. The third-order valence-corrected chi connectivity index (χ3v) is 4.36. The summed E-state index contributed by atoms with van der Waals surface area (Å²) in [4.78, 5) is 4.37. The lowest BCUT2D eigenvalue weighted by molar-refractivity contribution is 0.492. The van der Waals surface area contributed by atoms with Gasteiger partial charge in [0.05, 0.1) is 5.01 Å². The van der Waals surface area contributed by atoms with Crippen molar-refractivity contribution in [2.75, 3.05) is 6.54 Å². The number of thiazole rings is 1. The van der Waals surface area contributed by atoms with Crippen LogP contribution >= 0.6 is 11.3 Å². The predicted octanol–water partition coefficient (Wildman–Crippen LogP) is 3.86. The van der Waals surface area contributed by atoms with Crippen LogP contribution in [0, 0.1) is 0 Å². The molecule has 1 N–H and O–H groups in total. The van der Waals surface area contributed by atoms with Crippen LogP contribution in [0.4, 0.5) is 0 Å². The first-order chi connectivity index (χ1) is 9.25. The molecule has 2 unspecified atom stereocenters. The Morgan fingerprint density at radius 1 is 1.21 bits per heavy atom. The highest BCUT2D eigenvalue weighted by molar-refractivity contribution is 7.09. The maximum atomic E-state index is 4.37. The summed E-state index contributed by atoms with van der Waals surface area (Å²) in [6, 6.07) is 11.2. The Hall–Kier alpha value is -1.19. The second-order valence-electron chi connectivity index (χ2n) is 5.10. The standard InChI is InChI=1S/C16H22N2S/c1-13(16-17-10-11-19-16)12-18-14(2)8-9-15-6-4-3-5-7-15/h3-7,10-11,13-14,18H,8-9,12H2,1-2H3. The smallest absolute Gasteiger partial charge is 0.0965 e. The van der Waals surface area contributed by atoms with Crippen molar-refractivity contribution < 1.29 is 0 Å². The molecule has 0 spiro atoms. The van der Waals surface area contributed by atoms with Crippen LogP contribution < -0.4 is 5.32 Å². The molecule has 0 radical (unpaired) electrons. The Bertz CT molecular complexity index is 453. The molecule has 19 heavy (non-hydrogen) atoms. The van der Waals surface area contributed by atoms with E-state index in [1.165, 1.54) is 17.0 Å². The number of rotatable bonds is 7. The first-order valence-corrected chi connectivity index (χ1v) is 7.80. The van der Waals surface area contributed by atoms with E-state index in [1.54, 1.807) is 11.3 Å². The molecule has 0 aliphatic heterocycles.